The number of rotatable bonds is 12. The molecule has 2 amide bonds. The van der Waals surface area contributed by atoms with Crippen LogP contribution in [0.1, 0.15) is 53.0 Å². The zero-order valence-corrected chi connectivity index (χ0v) is 26.8. The molecule has 0 bridgehead atoms. The highest BCUT2D eigenvalue weighted by atomic mass is 32.2. The van der Waals surface area contributed by atoms with E-state index >= 15 is 0 Å². The Hall–Kier alpha value is -3.10. The Morgan fingerprint density at radius 3 is 2.40 bits per heavy atom. The standard InChI is InChI=1S/C28H41N5O7S2/c1-8-9-14-32-17-22(16-29-32)42(37,38)33(25(34)24-30-28(4,5)18-41-24)23(26(35)39-19(2)3)15-20-10-12-21(13-11-20)40-27(36)31(6)7/h10-13,16-17,19,23-24,30H,8-9,14-15,18H2,1-7H3/t23-,24-/m0/s1. The number of esters is 1. The Balaban J connectivity index is 2.05. The van der Waals surface area contributed by atoms with Gasteiger partial charge < -0.3 is 14.4 Å². The number of aryl methyl sites for hydroxylation is 1. The molecule has 1 aliphatic heterocycles. The second kappa shape index (κ2) is 13.9. The van der Waals surface area contributed by atoms with Crippen LogP contribution in [0.4, 0.5) is 4.79 Å². The fourth-order valence-electron chi connectivity index (χ4n) is 4.13. The zero-order chi connectivity index (χ0) is 31.2. The van der Waals surface area contributed by atoms with Gasteiger partial charge in [-0.3, -0.25) is 14.8 Å². The molecule has 1 saturated heterocycles. The lowest BCUT2D eigenvalue weighted by molar-refractivity contribution is -0.155. The van der Waals surface area contributed by atoms with Crippen molar-refractivity contribution in [3.63, 3.8) is 0 Å². The third kappa shape index (κ3) is 8.48. The molecule has 0 unspecified atom stereocenters. The van der Waals surface area contributed by atoms with Crippen molar-refractivity contribution in [3.8, 4) is 5.75 Å². The van der Waals surface area contributed by atoms with Crippen molar-refractivity contribution in [2.75, 3.05) is 19.8 Å². The fourth-order valence-corrected chi connectivity index (χ4v) is 7.03. The van der Waals surface area contributed by atoms with E-state index in [-0.39, 0.29) is 17.1 Å². The molecule has 2 heterocycles. The molecule has 1 N–H and O–H groups in total. The van der Waals surface area contributed by atoms with Crippen LogP contribution in [0.25, 0.3) is 0 Å². The first kappa shape index (κ1) is 33.4. The molecule has 1 aromatic carbocycles. The molecule has 42 heavy (non-hydrogen) atoms. The topological polar surface area (TPSA) is 140 Å². The van der Waals surface area contributed by atoms with E-state index in [1.807, 2.05) is 20.8 Å². The maximum atomic E-state index is 14.2. The van der Waals surface area contributed by atoms with Gasteiger partial charge in [-0.05, 0) is 51.8 Å². The van der Waals surface area contributed by atoms with Crippen LogP contribution in [0.2, 0.25) is 0 Å². The summed E-state index contributed by atoms with van der Waals surface area (Å²) in [7, 11) is -1.43. The van der Waals surface area contributed by atoms with E-state index in [1.165, 1.54) is 45.9 Å². The van der Waals surface area contributed by atoms with Crippen molar-refractivity contribution in [2.45, 2.75) is 88.4 Å². The van der Waals surface area contributed by atoms with Crippen LogP contribution >= 0.6 is 11.8 Å². The third-order valence-corrected chi connectivity index (χ3v) is 9.61. The lowest BCUT2D eigenvalue weighted by Crippen LogP contribution is -2.56. The predicted molar refractivity (Wildman–Crippen MR) is 160 cm³/mol. The molecule has 2 atom stereocenters. The Morgan fingerprint density at radius 2 is 1.86 bits per heavy atom. The van der Waals surface area contributed by atoms with Crippen LogP contribution in [0.3, 0.4) is 0 Å². The monoisotopic (exact) mass is 623 g/mol. The van der Waals surface area contributed by atoms with Gasteiger partial charge in [-0.25, -0.2) is 22.3 Å². The van der Waals surface area contributed by atoms with Crippen LogP contribution in [-0.2, 0) is 37.3 Å². The van der Waals surface area contributed by atoms with E-state index in [2.05, 4.69) is 10.4 Å². The van der Waals surface area contributed by atoms with Crippen molar-refractivity contribution >= 4 is 39.8 Å². The fraction of sp³-hybridized carbons (Fsp3) is 0.571. The summed E-state index contributed by atoms with van der Waals surface area (Å²) in [5.74, 6) is -0.784. The van der Waals surface area contributed by atoms with Crippen LogP contribution < -0.4 is 10.1 Å². The minimum Gasteiger partial charge on any atom is -0.461 e. The summed E-state index contributed by atoms with van der Waals surface area (Å²) in [5, 5.41) is 6.47. The van der Waals surface area contributed by atoms with Gasteiger partial charge in [-0.2, -0.15) is 5.10 Å². The van der Waals surface area contributed by atoms with Crippen molar-refractivity contribution < 1.29 is 32.3 Å². The first-order chi connectivity index (χ1) is 19.6. The SMILES string of the molecule is CCCCn1cc(S(=O)(=O)N(C(=O)[C@H]2NC(C)(C)CS2)[C@@H](Cc2ccc(OC(=O)N(C)C)cc2)C(=O)OC(C)C)cn1. The molecule has 2 aromatic rings. The van der Waals surface area contributed by atoms with Gasteiger partial charge in [0, 0.05) is 44.5 Å². The molecular formula is C28H41N5O7S2. The molecule has 1 aromatic heterocycles. The highest BCUT2D eigenvalue weighted by molar-refractivity contribution is 8.01. The second-order valence-corrected chi connectivity index (χ2v) is 14.2. The number of hydrogen-bond acceptors (Lipinski definition) is 10. The number of amides is 2. The molecule has 0 spiro atoms. The van der Waals surface area contributed by atoms with E-state index in [9.17, 15) is 22.8 Å². The number of sulfonamides is 1. The third-order valence-electron chi connectivity index (χ3n) is 6.31. The summed E-state index contributed by atoms with van der Waals surface area (Å²) in [6.45, 7) is 9.66. The molecule has 14 heteroatoms. The molecule has 0 aliphatic carbocycles. The molecule has 232 valence electrons. The number of nitrogens with zero attached hydrogens (tertiary/aromatic N) is 4. The molecule has 1 fully saturated rings. The quantitative estimate of drug-likeness (QED) is 0.350. The van der Waals surface area contributed by atoms with Gasteiger partial charge in [0.2, 0.25) is 0 Å². The molecule has 1 aliphatic rings. The maximum absolute atomic E-state index is 14.2. The number of hydrogen-bond donors (Lipinski definition) is 1. The highest BCUT2D eigenvalue weighted by Gasteiger charge is 2.47. The zero-order valence-electron chi connectivity index (χ0n) is 25.2. The summed E-state index contributed by atoms with van der Waals surface area (Å²) in [5.41, 5.74) is 0.114. The van der Waals surface area contributed by atoms with Gasteiger partial charge >= 0.3 is 12.1 Å². The summed E-state index contributed by atoms with van der Waals surface area (Å²) in [4.78, 5) is 40.6. The Kier molecular flexibility index (Phi) is 11.1. The molecule has 0 radical (unpaired) electrons. The van der Waals surface area contributed by atoms with Crippen LogP contribution in [0.5, 0.6) is 5.75 Å². The molecule has 0 saturated carbocycles. The van der Waals surface area contributed by atoms with Crippen molar-refractivity contribution in [2.24, 2.45) is 0 Å². The predicted octanol–water partition coefficient (Wildman–Crippen LogP) is 3.26. The summed E-state index contributed by atoms with van der Waals surface area (Å²) in [6.07, 6.45) is 2.98. The average Bonchev–Trinajstić information content (AvgIpc) is 3.54. The minimum absolute atomic E-state index is 0.164. The normalized spacial score (nSPS) is 17.1. The number of carbonyl (C=O) groups excluding carboxylic acids is 3. The highest BCUT2D eigenvalue weighted by Crippen LogP contribution is 2.31. The maximum Gasteiger partial charge on any atom is 0.414 e. The van der Waals surface area contributed by atoms with Gasteiger partial charge in [0.25, 0.3) is 15.9 Å². The van der Waals surface area contributed by atoms with Gasteiger partial charge in [-0.15, -0.1) is 11.8 Å². The Morgan fingerprint density at radius 1 is 1.19 bits per heavy atom. The van der Waals surface area contributed by atoms with Crippen LogP contribution in [0.15, 0.2) is 41.6 Å². The average molecular weight is 624 g/mol. The minimum atomic E-state index is -4.54. The van der Waals surface area contributed by atoms with E-state index < -0.39 is 51.1 Å². The summed E-state index contributed by atoms with van der Waals surface area (Å²) < 4.78 is 41.3. The second-order valence-electron chi connectivity index (χ2n) is 11.3. The van der Waals surface area contributed by atoms with Gasteiger partial charge in [0.1, 0.15) is 22.1 Å². The van der Waals surface area contributed by atoms with Gasteiger partial charge in [0.15, 0.2) is 0 Å². The van der Waals surface area contributed by atoms with E-state index in [4.69, 9.17) is 9.47 Å². The first-order valence-corrected chi connectivity index (χ1v) is 16.3. The van der Waals surface area contributed by atoms with Crippen LogP contribution in [-0.4, -0.2) is 88.3 Å². The first-order valence-electron chi connectivity index (χ1n) is 13.8. The summed E-state index contributed by atoms with van der Waals surface area (Å²) >= 11 is 1.28. The van der Waals surface area contributed by atoms with Crippen molar-refractivity contribution in [3.05, 3.63) is 42.2 Å². The smallest absolute Gasteiger partial charge is 0.414 e. The molecular weight excluding hydrogens is 582 g/mol. The van der Waals surface area contributed by atoms with E-state index in [1.54, 1.807) is 40.1 Å². The summed E-state index contributed by atoms with van der Waals surface area (Å²) in [6, 6.07) is 4.79. The number of thioether (sulfide) groups is 1. The lowest BCUT2D eigenvalue weighted by atomic mass is 10.1. The number of benzene rings is 1. The number of carbonyl (C=O) groups is 3. The molecule has 12 nitrogen and oxygen atoms in total. The van der Waals surface area contributed by atoms with E-state index in [0.29, 0.717) is 22.2 Å². The largest absolute Gasteiger partial charge is 0.461 e. The number of ether oxygens (including phenoxy) is 2. The lowest BCUT2D eigenvalue weighted by Gasteiger charge is -2.32. The molecule has 3 rings (SSSR count). The van der Waals surface area contributed by atoms with Crippen molar-refractivity contribution in [1.29, 1.82) is 0 Å². The number of aromatic nitrogens is 2. The Bertz CT molecular complexity index is 1360. The van der Waals surface area contributed by atoms with E-state index in [0.717, 1.165) is 12.8 Å². The number of unbranched alkanes of at least 4 members (excludes halogenated alkanes) is 1. The number of nitrogens with one attached hydrogen (secondary N) is 1. The van der Waals surface area contributed by atoms with Gasteiger partial charge in [0.05, 0.1) is 12.3 Å². The van der Waals surface area contributed by atoms with Crippen molar-refractivity contribution in [1.82, 2.24) is 24.3 Å². The van der Waals surface area contributed by atoms with Gasteiger partial charge in [-0.1, -0.05) is 25.5 Å². The Labute approximate surface area is 252 Å². The van der Waals surface area contributed by atoms with Crippen LogP contribution in [0, 0.1) is 0 Å².